The van der Waals surface area contributed by atoms with Gasteiger partial charge in [-0.05, 0) is 27.6 Å². The molecule has 9 nitrogen and oxygen atoms in total. The van der Waals surface area contributed by atoms with E-state index in [4.69, 9.17) is 10.7 Å². The average Bonchev–Trinajstić information content (AvgIpc) is 3.48. The molecule has 5 rings (SSSR count). The Labute approximate surface area is 180 Å². The largest absolute Gasteiger partial charge is 0.328 e. The summed E-state index contributed by atoms with van der Waals surface area (Å²) < 4.78 is 6.44. The van der Waals surface area contributed by atoms with Crippen molar-refractivity contribution in [3.63, 3.8) is 0 Å². The highest BCUT2D eigenvalue weighted by molar-refractivity contribution is 9.10. The summed E-state index contributed by atoms with van der Waals surface area (Å²) >= 11 is 3.47. The Morgan fingerprint density at radius 3 is 2.70 bits per heavy atom. The lowest BCUT2D eigenvalue weighted by atomic mass is 10.1. The number of nitrogens with zero attached hydrogens (tertiary/aromatic N) is 8. The molecule has 0 aliphatic carbocycles. The van der Waals surface area contributed by atoms with Crippen molar-refractivity contribution in [3.05, 3.63) is 71.7 Å². The van der Waals surface area contributed by atoms with Gasteiger partial charge in [0.15, 0.2) is 0 Å². The first-order valence-corrected chi connectivity index (χ1v) is 10.1. The highest BCUT2D eigenvalue weighted by Crippen LogP contribution is 2.26. The maximum atomic E-state index is 6.07. The maximum absolute atomic E-state index is 6.07. The van der Waals surface area contributed by atoms with Crippen molar-refractivity contribution in [2.24, 2.45) is 12.8 Å². The van der Waals surface area contributed by atoms with Crippen molar-refractivity contribution in [1.29, 1.82) is 0 Å². The van der Waals surface area contributed by atoms with Gasteiger partial charge in [-0.25, -0.2) is 9.97 Å². The molecular weight excluding hydrogens is 446 g/mol. The van der Waals surface area contributed by atoms with Crippen LogP contribution in [0.2, 0.25) is 0 Å². The predicted molar refractivity (Wildman–Crippen MR) is 116 cm³/mol. The van der Waals surface area contributed by atoms with Crippen LogP contribution in [-0.4, -0.2) is 45.5 Å². The molecule has 0 fully saturated rings. The molecule has 5 heterocycles. The summed E-state index contributed by atoms with van der Waals surface area (Å²) in [5.74, 6) is 0.748. The van der Waals surface area contributed by atoms with Crippen molar-refractivity contribution in [2.45, 2.75) is 6.04 Å². The number of halogens is 1. The first kappa shape index (κ1) is 18.6. The van der Waals surface area contributed by atoms with E-state index < -0.39 is 0 Å². The molecule has 0 saturated carbocycles. The van der Waals surface area contributed by atoms with E-state index in [-0.39, 0.29) is 6.04 Å². The van der Waals surface area contributed by atoms with Gasteiger partial charge in [0.25, 0.3) is 0 Å². The van der Waals surface area contributed by atoms with Crippen LogP contribution in [0, 0.1) is 0 Å². The molecule has 5 aromatic rings. The predicted octanol–water partition coefficient (Wildman–Crippen LogP) is 2.70. The van der Waals surface area contributed by atoms with Crippen LogP contribution < -0.4 is 5.73 Å². The first-order chi connectivity index (χ1) is 14.6. The number of nitrogens with two attached hydrogens (primary N) is 1. The third-order valence-corrected chi connectivity index (χ3v) is 5.34. The van der Waals surface area contributed by atoms with E-state index in [1.807, 2.05) is 46.9 Å². The molecule has 1 atom stereocenters. The van der Waals surface area contributed by atoms with Crippen molar-refractivity contribution in [3.8, 4) is 22.6 Å². The van der Waals surface area contributed by atoms with Crippen LogP contribution in [0.3, 0.4) is 0 Å². The van der Waals surface area contributed by atoms with E-state index in [9.17, 15) is 0 Å². The topological polar surface area (TPSA) is 105 Å². The second kappa shape index (κ2) is 7.47. The summed E-state index contributed by atoms with van der Waals surface area (Å²) in [5.41, 5.74) is 10.4. The first-order valence-electron chi connectivity index (χ1n) is 9.30. The number of hydrogen-bond acceptors (Lipinski definition) is 6. The minimum absolute atomic E-state index is 0.136. The molecule has 0 saturated heterocycles. The number of imidazole rings is 1. The van der Waals surface area contributed by atoms with Gasteiger partial charge in [0.05, 0.1) is 29.7 Å². The number of pyridine rings is 1. The molecule has 150 valence electrons. The maximum Gasteiger partial charge on any atom is 0.149 e. The van der Waals surface area contributed by atoms with Gasteiger partial charge < -0.3 is 5.73 Å². The molecule has 0 bridgehead atoms. The van der Waals surface area contributed by atoms with Crippen molar-refractivity contribution in [1.82, 2.24) is 38.9 Å². The highest BCUT2D eigenvalue weighted by atomic mass is 79.9. The fraction of sp³-hybridized carbons (Fsp3) is 0.150. The second-order valence-electron chi connectivity index (χ2n) is 6.92. The van der Waals surface area contributed by atoms with Gasteiger partial charge in [0.1, 0.15) is 11.5 Å². The molecule has 0 spiro atoms. The van der Waals surface area contributed by atoms with Gasteiger partial charge in [-0.3, -0.25) is 18.7 Å². The Hall–Kier alpha value is -3.37. The normalized spacial score (nSPS) is 12.5. The zero-order valence-electron chi connectivity index (χ0n) is 16.1. The van der Waals surface area contributed by atoms with E-state index in [1.54, 1.807) is 35.7 Å². The Balaban J connectivity index is 1.60. The highest BCUT2D eigenvalue weighted by Gasteiger charge is 2.17. The lowest BCUT2D eigenvalue weighted by molar-refractivity contribution is 0.530. The molecule has 0 radical (unpaired) electrons. The molecule has 10 heteroatoms. The smallest absolute Gasteiger partial charge is 0.149 e. The molecule has 2 N–H and O–H groups in total. The fourth-order valence-corrected chi connectivity index (χ4v) is 3.84. The molecule has 30 heavy (non-hydrogen) atoms. The number of aromatic nitrogens is 8. The summed E-state index contributed by atoms with van der Waals surface area (Å²) in [6, 6.07) is 3.81. The Bertz CT molecular complexity index is 1330. The summed E-state index contributed by atoms with van der Waals surface area (Å²) in [6.45, 7) is 0.392. The summed E-state index contributed by atoms with van der Waals surface area (Å²) in [6.07, 6.45) is 14.7. The van der Waals surface area contributed by atoms with E-state index in [1.165, 1.54) is 0 Å². The van der Waals surface area contributed by atoms with Crippen LogP contribution >= 0.6 is 15.9 Å². The third kappa shape index (κ3) is 3.29. The average molecular weight is 464 g/mol. The number of fused-ring (bicyclic) bond motifs is 1. The SMILES string of the molecule is Cn1cc(-c2cc3nccn3c(-c3cnn(C(CN)c4cncc(Br)c4)c3)n2)cn1. The van der Waals surface area contributed by atoms with Crippen LogP contribution in [0.1, 0.15) is 11.6 Å². The standard InChI is InChI=1S/C20H18BrN9/c1-28-11-14(8-25-28)17-5-19-24-2-3-29(19)20(27-17)15-9-26-30(12-15)18(6-22)13-4-16(21)10-23-7-13/h2-5,7-12,18H,6,22H2,1H3. The quantitative estimate of drug-likeness (QED) is 0.429. The van der Waals surface area contributed by atoms with Crippen molar-refractivity contribution >= 4 is 21.6 Å². The van der Waals surface area contributed by atoms with E-state index >= 15 is 0 Å². The third-order valence-electron chi connectivity index (χ3n) is 4.90. The molecule has 1 unspecified atom stereocenters. The van der Waals surface area contributed by atoms with Crippen LogP contribution in [0.5, 0.6) is 0 Å². The minimum Gasteiger partial charge on any atom is -0.328 e. The van der Waals surface area contributed by atoms with Gasteiger partial charge in [0.2, 0.25) is 0 Å². The fourth-order valence-electron chi connectivity index (χ4n) is 3.46. The molecule has 0 aliphatic rings. The monoisotopic (exact) mass is 463 g/mol. The van der Waals surface area contributed by atoms with Gasteiger partial charge in [-0.15, -0.1) is 0 Å². The summed E-state index contributed by atoms with van der Waals surface area (Å²) in [7, 11) is 1.88. The van der Waals surface area contributed by atoms with Gasteiger partial charge in [-0.1, -0.05) is 0 Å². The number of hydrogen-bond donors (Lipinski definition) is 1. The molecular formula is C20H18BrN9. The van der Waals surface area contributed by atoms with Crippen LogP contribution in [0.4, 0.5) is 0 Å². The molecule has 5 aromatic heterocycles. The van der Waals surface area contributed by atoms with Crippen molar-refractivity contribution < 1.29 is 0 Å². The Kier molecular flexibility index (Phi) is 4.64. The van der Waals surface area contributed by atoms with E-state index in [0.29, 0.717) is 6.54 Å². The zero-order valence-corrected chi connectivity index (χ0v) is 17.7. The second-order valence-corrected chi connectivity index (χ2v) is 7.84. The minimum atomic E-state index is -0.136. The Morgan fingerprint density at radius 2 is 1.93 bits per heavy atom. The number of aryl methyl sites for hydroxylation is 1. The Morgan fingerprint density at radius 1 is 1.07 bits per heavy atom. The zero-order chi connectivity index (χ0) is 20.7. The van der Waals surface area contributed by atoms with Crippen molar-refractivity contribution in [2.75, 3.05) is 6.54 Å². The molecule has 0 amide bonds. The summed E-state index contributed by atoms with van der Waals surface area (Å²) in [5, 5.41) is 8.82. The molecule has 0 aromatic carbocycles. The van der Waals surface area contributed by atoms with Gasteiger partial charge in [0, 0.05) is 66.9 Å². The summed E-state index contributed by atoms with van der Waals surface area (Å²) in [4.78, 5) is 13.6. The van der Waals surface area contributed by atoms with Crippen LogP contribution in [0.25, 0.3) is 28.3 Å². The lowest BCUT2D eigenvalue weighted by Crippen LogP contribution is -2.21. The van der Waals surface area contributed by atoms with Gasteiger partial charge in [-0.2, -0.15) is 10.2 Å². The lowest BCUT2D eigenvalue weighted by Gasteiger charge is -2.15. The van der Waals surface area contributed by atoms with Crippen LogP contribution in [-0.2, 0) is 7.05 Å². The van der Waals surface area contributed by atoms with E-state index in [2.05, 4.69) is 36.1 Å². The van der Waals surface area contributed by atoms with Crippen LogP contribution in [0.15, 0.2) is 66.2 Å². The molecule has 0 aliphatic heterocycles. The van der Waals surface area contributed by atoms with E-state index in [0.717, 1.165) is 38.3 Å². The van der Waals surface area contributed by atoms with Gasteiger partial charge >= 0.3 is 0 Å². The number of rotatable bonds is 5.